The minimum atomic E-state index is -0.714. The van der Waals surface area contributed by atoms with Gasteiger partial charge in [0.15, 0.2) is 0 Å². The zero-order valence-electron chi connectivity index (χ0n) is 16.1. The Bertz CT molecular complexity index is 727. The molecule has 1 amide bonds. The maximum absolute atomic E-state index is 12.4. The van der Waals surface area contributed by atoms with Crippen molar-refractivity contribution in [2.45, 2.75) is 25.8 Å². The minimum Gasteiger partial charge on any atom is -0.395 e. The smallest absolute Gasteiger partial charge is 0.234 e. The lowest BCUT2D eigenvalue weighted by Crippen LogP contribution is -2.30. The lowest BCUT2D eigenvalue weighted by atomic mass is 9.86. The van der Waals surface area contributed by atoms with Crippen LogP contribution in [0.3, 0.4) is 0 Å². The molecule has 0 aromatic rings. The zero-order valence-corrected chi connectivity index (χ0v) is 17.3. The van der Waals surface area contributed by atoms with E-state index in [0.29, 0.717) is 12.8 Å². The Labute approximate surface area is 165 Å². The van der Waals surface area contributed by atoms with Gasteiger partial charge in [-0.15, -0.1) is 0 Å². The summed E-state index contributed by atoms with van der Waals surface area (Å²) in [6, 6.07) is 0.00705. The number of nitrogens with zero attached hydrogens (tertiary/aromatic N) is 1. The highest BCUT2D eigenvalue weighted by Gasteiger charge is 2.46. The Hall–Kier alpha value is -2.22. The molecule has 0 aromatic carbocycles. The van der Waals surface area contributed by atoms with E-state index in [-0.39, 0.29) is 18.6 Å². The van der Waals surface area contributed by atoms with E-state index in [4.69, 9.17) is 0 Å². The van der Waals surface area contributed by atoms with Gasteiger partial charge in [0, 0.05) is 6.04 Å². The summed E-state index contributed by atoms with van der Waals surface area (Å²) in [5.41, 5.74) is 2.10. The second-order valence-electron chi connectivity index (χ2n) is 6.78. The minimum absolute atomic E-state index is 0.00705. The molecule has 3 nitrogen and oxygen atoms in total. The molecule has 1 heterocycles. The predicted molar refractivity (Wildman–Crippen MR) is 119 cm³/mol. The van der Waals surface area contributed by atoms with Crippen LogP contribution in [0, 0.1) is 5.41 Å². The van der Waals surface area contributed by atoms with Crippen LogP contribution in [0.4, 0.5) is 0 Å². The number of hydrogen-bond acceptors (Lipinski definition) is 2. The van der Waals surface area contributed by atoms with Crippen LogP contribution in [0.15, 0.2) is 97.7 Å². The molecule has 0 spiro atoms. The lowest BCUT2D eigenvalue weighted by molar-refractivity contribution is -0.133. The molecule has 1 aliphatic heterocycles. The molecule has 0 aromatic heterocycles. The quantitative estimate of drug-likeness (QED) is 0.433. The molecule has 0 aliphatic carbocycles. The van der Waals surface area contributed by atoms with E-state index in [1.54, 1.807) is 29.8 Å². The summed E-state index contributed by atoms with van der Waals surface area (Å²) in [4.78, 5) is 12.4. The van der Waals surface area contributed by atoms with E-state index in [9.17, 15) is 9.90 Å². The first-order valence-corrected chi connectivity index (χ1v) is 9.34. The van der Waals surface area contributed by atoms with Crippen LogP contribution in [-0.2, 0) is 4.79 Å². The van der Waals surface area contributed by atoms with Crippen LogP contribution in [0.1, 0.15) is 19.8 Å². The fourth-order valence-electron chi connectivity index (χ4n) is 2.97. The fraction of sp³-hybridized carbons (Fsp3) is 0.261. The largest absolute Gasteiger partial charge is 0.395 e. The number of aliphatic hydroxyl groups excluding tert-OH is 1. The van der Waals surface area contributed by atoms with Crippen LogP contribution in [0.2, 0.25) is 0 Å². The Morgan fingerprint density at radius 1 is 1.22 bits per heavy atom. The van der Waals surface area contributed by atoms with Crippen LogP contribution < -0.4 is 0 Å². The van der Waals surface area contributed by atoms with Gasteiger partial charge in [-0.25, -0.2) is 0 Å². The molecule has 3 atom stereocenters. The number of hydrogen-bond donors (Lipinski definition) is 1. The van der Waals surface area contributed by atoms with Gasteiger partial charge < -0.3 is 9.78 Å². The second kappa shape index (κ2) is 10.8. The van der Waals surface area contributed by atoms with E-state index < -0.39 is 5.41 Å². The highest BCUT2D eigenvalue weighted by molar-refractivity contribution is 7.14. The van der Waals surface area contributed by atoms with Gasteiger partial charge in [0.1, 0.15) is 0 Å². The van der Waals surface area contributed by atoms with E-state index in [2.05, 4.69) is 35.7 Å². The molecular weight excluding hydrogens is 353 g/mol. The van der Waals surface area contributed by atoms with Crippen molar-refractivity contribution in [3.8, 4) is 0 Å². The van der Waals surface area contributed by atoms with Crippen molar-refractivity contribution >= 4 is 15.3 Å². The van der Waals surface area contributed by atoms with E-state index >= 15 is 0 Å². The molecule has 4 heteroatoms. The number of aliphatic hydroxyl groups is 1. The van der Waals surface area contributed by atoms with Gasteiger partial charge >= 0.3 is 0 Å². The second-order valence-corrected chi connectivity index (χ2v) is 7.34. The number of allylic oxidation sites excluding steroid dienone is 11. The molecule has 27 heavy (non-hydrogen) atoms. The Balaban J connectivity index is 2.96. The number of amides is 1. The molecule has 1 rings (SSSR count). The van der Waals surface area contributed by atoms with Crippen LogP contribution in [0.5, 0.6) is 0 Å². The standard InChI is InChI=1S/C23H30NO2P/c1-6-9-12-20(11-8-3)18(4)13-14-19(10-7-2)15-21-16-23(5,17-25)22(26)24(21)27/h6-14,21,25H,1-4,15-17,27H2,5H3/b12-9-,14-13-,19-10+,20-11+/t21-,23+/m1/s1. The number of rotatable bonds is 10. The van der Waals surface area contributed by atoms with Crippen molar-refractivity contribution in [3.05, 3.63) is 97.7 Å². The third kappa shape index (κ3) is 6.16. The van der Waals surface area contributed by atoms with Gasteiger partial charge in [0.2, 0.25) is 5.91 Å². The van der Waals surface area contributed by atoms with Crippen molar-refractivity contribution in [1.82, 2.24) is 4.67 Å². The van der Waals surface area contributed by atoms with E-state index in [1.165, 1.54) is 0 Å². The predicted octanol–water partition coefficient (Wildman–Crippen LogP) is 4.85. The monoisotopic (exact) mass is 383 g/mol. The van der Waals surface area contributed by atoms with Gasteiger partial charge in [0.25, 0.3) is 0 Å². The molecule has 1 saturated heterocycles. The number of carbonyl (C=O) groups excluding carboxylic acids is 1. The first-order chi connectivity index (χ1) is 12.8. The van der Waals surface area contributed by atoms with Crippen LogP contribution >= 0.6 is 9.39 Å². The van der Waals surface area contributed by atoms with Gasteiger partial charge in [0.05, 0.1) is 12.0 Å². The fourth-order valence-corrected chi connectivity index (χ4v) is 3.50. The van der Waals surface area contributed by atoms with Gasteiger partial charge in [-0.05, 0) is 45.9 Å². The molecule has 144 valence electrons. The summed E-state index contributed by atoms with van der Waals surface area (Å²) in [5.74, 6) is -0.0443. The van der Waals surface area contributed by atoms with E-state index in [0.717, 1.165) is 16.7 Å². The SMILES string of the molecule is C=C/C=C\C(=C/C=C)C(=C)/C=C\C(=C/C=C)C[C@@H]1C[C@@](C)(CO)C(=O)N1P. The maximum Gasteiger partial charge on any atom is 0.234 e. The van der Waals surface area contributed by atoms with Crippen molar-refractivity contribution < 1.29 is 9.90 Å². The Kier molecular flexibility index (Phi) is 9.14. The highest BCUT2D eigenvalue weighted by Crippen LogP contribution is 2.40. The molecule has 0 saturated carbocycles. The summed E-state index contributed by atoms with van der Waals surface area (Å²) in [7, 11) is 2.49. The topological polar surface area (TPSA) is 40.5 Å². The first kappa shape index (κ1) is 22.8. The molecule has 1 N–H and O–H groups in total. The van der Waals surface area contributed by atoms with Crippen molar-refractivity contribution in [3.63, 3.8) is 0 Å². The summed E-state index contributed by atoms with van der Waals surface area (Å²) < 4.78 is 1.66. The Morgan fingerprint density at radius 2 is 1.89 bits per heavy atom. The van der Waals surface area contributed by atoms with Gasteiger partial charge in [-0.1, -0.05) is 81.0 Å². The van der Waals surface area contributed by atoms with Crippen LogP contribution in [-0.4, -0.2) is 28.3 Å². The molecule has 0 radical (unpaired) electrons. The Morgan fingerprint density at radius 3 is 2.41 bits per heavy atom. The normalized spacial score (nSPS) is 24.0. The van der Waals surface area contributed by atoms with E-state index in [1.807, 2.05) is 36.5 Å². The molecule has 1 aliphatic rings. The average Bonchev–Trinajstić information content (AvgIpc) is 2.87. The third-order valence-corrected chi connectivity index (χ3v) is 5.22. The van der Waals surface area contributed by atoms with Gasteiger partial charge in [-0.3, -0.25) is 4.79 Å². The number of carbonyl (C=O) groups is 1. The maximum atomic E-state index is 12.4. The molecule has 1 fully saturated rings. The summed E-state index contributed by atoms with van der Waals surface area (Å²) in [6.07, 6.45) is 17.9. The molecular formula is C23H30NO2P. The average molecular weight is 383 g/mol. The van der Waals surface area contributed by atoms with Crippen LogP contribution in [0.25, 0.3) is 0 Å². The summed E-state index contributed by atoms with van der Waals surface area (Å²) in [5, 5.41) is 9.59. The summed E-state index contributed by atoms with van der Waals surface area (Å²) >= 11 is 0. The van der Waals surface area contributed by atoms with Crippen molar-refractivity contribution in [2.24, 2.45) is 5.41 Å². The zero-order chi connectivity index (χ0) is 20.4. The molecule has 1 unspecified atom stereocenters. The molecule has 0 bridgehead atoms. The summed E-state index contributed by atoms with van der Waals surface area (Å²) in [6.45, 7) is 17.0. The van der Waals surface area contributed by atoms with Crippen molar-refractivity contribution in [1.29, 1.82) is 0 Å². The lowest BCUT2D eigenvalue weighted by Gasteiger charge is -2.20. The first-order valence-electron chi connectivity index (χ1n) is 8.83. The van der Waals surface area contributed by atoms with Crippen molar-refractivity contribution in [2.75, 3.05) is 6.61 Å². The van der Waals surface area contributed by atoms with Gasteiger partial charge in [-0.2, -0.15) is 0 Å². The highest BCUT2D eigenvalue weighted by atomic mass is 31.0. The third-order valence-electron chi connectivity index (χ3n) is 4.56.